The highest BCUT2D eigenvalue weighted by atomic mass is 32.1. The summed E-state index contributed by atoms with van der Waals surface area (Å²) in [6.45, 7) is 0. The molecular weight excluding hydrogens is 615 g/mol. The molecule has 0 fully saturated rings. The van der Waals surface area contributed by atoms with Crippen LogP contribution in [0.5, 0.6) is 0 Å². The first-order chi connectivity index (χ1) is 25.8. The Balaban J connectivity index is 1.24. The molecule has 4 heterocycles. The molecule has 0 unspecified atom stereocenters. The van der Waals surface area contributed by atoms with Crippen molar-refractivity contribution in [1.29, 1.82) is 0 Å². The van der Waals surface area contributed by atoms with Crippen LogP contribution >= 0.6 is 22.7 Å². The van der Waals surface area contributed by atoms with E-state index in [1.165, 1.54) is 10.1 Å². The summed E-state index contributed by atoms with van der Waals surface area (Å²) in [5, 5.41) is 5.69. The van der Waals surface area contributed by atoms with Crippen molar-refractivity contribution in [2.45, 2.75) is 0 Å². The van der Waals surface area contributed by atoms with Gasteiger partial charge in [0, 0.05) is 52.3 Å². The molecule has 0 aliphatic rings. The minimum absolute atomic E-state index is 0.0150. The van der Waals surface area contributed by atoms with E-state index < -0.39 is 0 Å². The lowest BCUT2D eigenvalue weighted by Crippen LogP contribution is -2.00. The lowest BCUT2D eigenvalue weighted by Gasteiger charge is -2.09. The number of aromatic nitrogens is 3. The highest BCUT2D eigenvalue weighted by Gasteiger charge is 2.17. The summed E-state index contributed by atoms with van der Waals surface area (Å²) in [5.41, 5.74) is 2.32. The van der Waals surface area contributed by atoms with Gasteiger partial charge in [-0.25, -0.2) is 15.0 Å². The number of rotatable bonds is 4. The number of hydrogen-bond acceptors (Lipinski definition) is 6. The van der Waals surface area contributed by atoms with Gasteiger partial charge in [0.1, 0.15) is 11.2 Å². The third-order valence-electron chi connectivity index (χ3n) is 8.35. The second-order valence-electron chi connectivity index (χ2n) is 11.2. The maximum absolute atomic E-state index is 9.46. The molecule has 6 aromatic carbocycles. The molecule has 0 atom stereocenters. The lowest BCUT2D eigenvalue weighted by atomic mass is 9.98. The summed E-state index contributed by atoms with van der Waals surface area (Å²) in [4.78, 5) is 14.5. The molecule has 4 nitrogen and oxygen atoms in total. The van der Waals surface area contributed by atoms with Gasteiger partial charge in [-0.05, 0) is 64.3 Å². The molecule has 0 saturated heterocycles. The van der Waals surface area contributed by atoms with Crippen LogP contribution in [0.1, 0.15) is 8.22 Å². The van der Waals surface area contributed by atoms with E-state index in [-0.39, 0.29) is 69.6 Å². The normalized spacial score (nSPS) is 13.6. The Morgan fingerprint density at radius 2 is 1.32 bits per heavy atom. The van der Waals surface area contributed by atoms with Crippen molar-refractivity contribution in [2.24, 2.45) is 0 Å². The average molecular weight is 644 g/mol. The molecule has 0 radical (unpaired) electrons. The second kappa shape index (κ2) is 10.4. The largest absolute Gasteiger partial charge is 0.456 e. The fraction of sp³-hybridized carbons (Fsp3) is 0. The third-order valence-corrected chi connectivity index (χ3v) is 10.4. The van der Waals surface area contributed by atoms with Crippen LogP contribution in [0.15, 0.2) is 143 Å². The number of benzene rings is 6. The molecule has 10 rings (SSSR count). The monoisotopic (exact) mass is 643 g/mol. The van der Waals surface area contributed by atoms with Crippen LogP contribution in [0.3, 0.4) is 0 Å². The van der Waals surface area contributed by atoms with Crippen LogP contribution < -0.4 is 0 Å². The molecule has 0 bridgehead atoms. The zero-order valence-corrected chi connectivity index (χ0v) is 26.0. The highest BCUT2D eigenvalue weighted by Crippen LogP contribution is 2.40. The van der Waals surface area contributed by atoms with Crippen molar-refractivity contribution < 1.29 is 12.6 Å². The molecule has 0 N–H and O–H groups in total. The number of fused-ring (bicyclic) bond motifs is 7. The molecule has 220 valence electrons. The topological polar surface area (TPSA) is 51.8 Å². The quantitative estimate of drug-likeness (QED) is 0.191. The van der Waals surface area contributed by atoms with Gasteiger partial charge in [0.15, 0.2) is 17.5 Å². The van der Waals surface area contributed by atoms with Crippen LogP contribution in [0.25, 0.3) is 97.5 Å². The van der Waals surface area contributed by atoms with Gasteiger partial charge in [0.05, 0.1) is 8.22 Å². The minimum atomic E-state index is -0.326. The molecule has 0 aliphatic heterocycles. The Labute approximate surface area is 285 Å². The zero-order chi connectivity index (χ0) is 36.1. The number of hydrogen-bond donors (Lipinski definition) is 0. The van der Waals surface area contributed by atoms with Gasteiger partial charge in [-0.1, -0.05) is 90.9 Å². The van der Waals surface area contributed by atoms with Crippen molar-refractivity contribution in [3.05, 3.63) is 139 Å². The van der Waals surface area contributed by atoms with E-state index in [0.29, 0.717) is 28.3 Å². The third kappa shape index (κ3) is 4.37. The van der Waals surface area contributed by atoms with Crippen LogP contribution in [0.4, 0.5) is 0 Å². The second-order valence-corrected chi connectivity index (χ2v) is 13.2. The fourth-order valence-electron chi connectivity index (χ4n) is 6.08. The summed E-state index contributed by atoms with van der Waals surface area (Å²) >= 11 is 3.22. The van der Waals surface area contributed by atoms with E-state index in [4.69, 9.17) is 23.5 Å². The van der Waals surface area contributed by atoms with Gasteiger partial charge in [-0.2, -0.15) is 0 Å². The molecule has 0 amide bonds. The predicted molar refractivity (Wildman–Crippen MR) is 197 cm³/mol. The van der Waals surface area contributed by atoms with Crippen LogP contribution in [-0.2, 0) is 0 Å². The van der Waals surface area contributed by atoms with E-state index >= 15 is 0 Å². The van der Waals surface area contributed by atoms with Gasteiger partial charge < -0.3 is 4.42 Å². The smallest absolute Gasteiger partial charge is 0.164 e. The molecule has 0 spiro atoms. The Morgan fingerprint density at radius 1 is 0.553 bits per heavy atom. The van der Waals surface area contributed by atoms with E-state index in [1.807, 2.05) is 84.2 Å². The highest BCUT2D eigenvalue weighted by molar-refractivity contribution is 7.25. The van der Waals surface area contributed by atoms with E-state index in [9.17, 15) is 4.11 Å². The molecule has 6 heteroatoms. The Bertz CT molecular complexity index is 3160. The number of furan rings is 1. The maximum Gasteiger partial charge on any atom is 0.164 e. The van der Waals surface area contributed by atoms with Crippen LogP contribution in [0, 0.1) is 0 Å². The minimum Gasteiger partial charge on any atom is -0.456 e. The fourth-order valence-corrected chi connectivity index (χ4v) is 8.06. The van der Waals surface area contributed by atoms with Crippen molar-refractivity contribution in [1.82, 2.24) is 15.0 Å². The summed E-state index contributed by atoms with van der Waals surface area (Å²) in [7, 11) is 0. The van der Waals surface area contributed by atoms with Gasteiger partial charge in [0.25, 0.3) is 0 Å². The SMILES string of the molecule is [2H]c1c([2H])c(-c2ccc3ccsc3c2)c2c(oc3c([2H])c(-c4nc(-c5ccccc5)nc(-c5ccc6c(c5)sc5ccccc56)n4)c([2H])c([2H])c32)c1[2H]. The molecule has 4 aromatic heterocycles. The van der Waals surface area contributed by atoms with E-state index in [1.54, 1.807) is 22.7 Å². The molecule has 10 aromatic rings. The van der Waals surface area contributed by atoms with Crippen molar-refractivity contribution in [2.75, 3.05) is 0 Å². The molecule has 0 saturated carbocycles. The summed E-state index contributed by atoms with van der Waals surface area (Å²) < 4.78 is 64.0. The predicted octanol–water partition coefficient (Wildman–Crippen LogP) is 12.0. The summed E-state index contributed by atoms with van der Waals surface area (Å²) in [5.74, 6) is 0.725. The van der Waals surface area contributed by atoms with E-state index in [2.05, 4.69) is 18.2 Å². The summed E-state index contributed by atoms with van der Waals surface area (Å²) in [6.07, 6.45) is 0. The van der Waals surface area contributed by atoms with Crippen molar-refractivity contribution >= 4 is 74.9 Å². The number of nitrogens with zero attached hydrogens (tertiary/aromatic N) is 3. The Morgan fingerprint density at radius 3 is 2.23 bits per heavy atom. The van der Waals surface area contributed by atoms with Crippen molar-refractivity contribution in [3.8, 4) is 45.3 Å². The maximum atomic E-state index is 9.46. The lowest BCUT2D eigenvalue weighted by molar-refractivity contribution is 0.669. The van der Waals surface area contributed by atoms with Gasteiger partial charge >= 0.3 is 0 Å². The molecule has 47 heavy (non-hydrogen) atoms. The molecular formula is C41H23N3OS2. The van der Waals surface area contributed by atoms with Gasteiger partial charge in [-0.3, -0.25) is 0 Å². The zero-order valence-electron chi connectivity index (χ0n) is 30.4. The standard InChI is InChI=1S/C41H23N3OS2/c1-2-7-25(8-3-1)39-42-40(44-41(43-39)28-15-17-31-30-9-4-5-12-35(30)47-37(31)23-28)27-16-18-32-34(21-27)45-33-11-6-10-29(38(32)33)26-14-13-24-19-20-46-36(24)22-26/h1-23H/i6D,10D,11D,16D,18D,21D. The van der Waals surface area contributed by atoms with Gasteiger partial charge in [0.2, 0.25) is 0 Å². The first-order valence-electron chi connectivity index (χ1n) is 17.9. The van der Waals surface area contributed by atoms with E-state index in [0.717, 1.165) is 25.7 Å². The van der Waals surface area contributed by atoms with Crippen molar-refractivity contribution in [3.63, 3.8) is 0 Å². The first kappa shape index (κ1) is 21.2. The Kier molecular flexibility index (Phi) is 4.69. The first-order valence-corrected chi connectivity index (χ1v) is 16.6. The molecule has 0 aliphatic carbocycles. The summed E-state index contributed by atoms with van der Waals surface area (Å²) in [6, 6.07) is 29.8. The Hall–Kier alpha value is -5.69. The number of thiophene rings is 2. The van der Waals surface area contributed by atoms with Gasteiger partial charge in [-0.15, -0.1) is 22.7 Å². The van der Waals surface area contributed by atoms with Crippen LogP contribution in [-0.4, -0.2) is 15.0 Å². The average Bonchev–Trinajstić information content (AvgIpc) is 3.92. The van der Waals surface area contributed by atoms with Crippen LogP contribution in [0.2, 0.25) is 0 Å².